The summed E-state index contributed by atoms with van der Waals surface area (Å²) in [6.07, 6.45) is 0.198. The summed E-state index contributed by atoms with van der Waals surface area (Å²) >= 11 is 1.69. The van der Waals surface area contributed by atoms with Crippen LogP contribution in [0, 0.1) is 0 Å². The molecule has 4 rings (SSSR count). The summed E-state index contributed by atoms with van der Waals surface area (Å²) in [7, 11) is 0. The van der Waals surface area contributed by atoms with Gasteiger partial charge >= 0.3 is 0 Å². The highest BCUT2D eigenvalue weighted by atomic mass is 32.2. The molecule has 0 spiro atoms. The molecule has 1 fully saturated rings. The van der Waals surface area contributed by atoms with Crippen molar-refractivity contribution in [2.75, 3.05) is 18.1 Å². The van der Waals surface area contributed by atoms with Crippen LogP contribution in [0.3, 0.4) is 0 Å². The molecule has 5 nitrogen and oxygen atoms in total. The maximum atomic E-state index is 9.35. The van der Waals surface area contributed by atoms with Gasteiger partial charge < -0.3 is 25.4 Å². The van der Waals surface area contributed by atoms with Gasteiger partial charge in [-0.3, -0.25) is 0 Å². The number of aliphatic hydroxyl groups is 2. The Bertz CT molecular complexity index is 1010. The fraction of sp³-hybridized carbons (Fsp3) is 0.333. The van der Waals surface area contributed by atoms with Crippen LogP contribution in [0.25, 0.3) is 11.1 Å². The summed E-state index contributed by atoms with van der Waals surface area (Å²) in [6.45, 7) is 0.709. The van der Waals surface area contributed by atoms with E-state index < -0.39 is 6.29 Å². The van der Waals surface area contributed by atoms with E-state index in [1.165, 1.54) is 0 Å². The van der Waals surface area contributed by atoms with Gasteiger partial charge in [0.05, 0.1) is 25.4 Å². The lowest BCUT2D eigenvalue weighted by molar-refractivity contribution is -0.245. The highest BCUT2D eigenvalue weighted by Gasteiger charge is 2.32. The molecular formula is C27H31NO4S. The van der Waals surface area contributed by atoms with Crippen LogP contribution in [0.15, 0.2) is 72.8 Å². The predicted octanol–water partition coefficient (Wildman–Crippen LogP) is 4.58. The van der Waals surface area contributed by atoms with Crippen molar-refractivity contribution in [3.63, 3.8) is 0 Å². The van der Waals surface area contributed by atoms with Gasteiger partial charge in [0.15, 0.2) is 6.29 Å². The molecule has 3 aromatic carbocycles. The Morgan fingerprint density at radius 3 is 2.30 bits per heavy atom. The highest BCUT2D eigenvalue weighted by Crippen LogP contribution is 2.39. The number of ether oxygens (including phenoxy) is 2. The minimum atomic E-state index is -0.467. The van der Waals surface area contributed by atoms with Gasteiger partial charge in [-0.05, 0) is 33.9 Å². The van der Waals surface area contributed by atoms with Crippen LogP contribution in [-0.2, 0) is 22.6 Å². The molecule has 0 bridgehead atoms. The Kier molecular flexibility index (Phi) is 8.56. The zero-order valence-corrected chi connectivity index (χ0v) is 19.4. The Balaban J connectivity index is 1.53. The summed E-state index contributed by atoms with van der Waals surface area (Å²) < 4.78 is 12.7. The van der Waals surface area contributed by atoms with Crippen molar-refractivity contribution in [1.29, 1.82) is 0 Å². The number of thioether (sulfide) groups is 1. The third kappa shape index (κ3) is 6.23. The topological polar surface area (TPSA) is 84.9 Å². The summed E-state index contributed by atoms with van der Waals surface area (Å²) in [4.78, 5) is 0. The van der Waals surface area contributed by atoms with E-state index in [4.69, 9.17) is 20.3 Å². The molecule has 0 unspecified atom stereocenters. The number of nitrogens with two attached hydrogens (primary N) is 1. The lowest BCUT2D eigenvalue weighted by atomic mass is 9.99. The molecule has 0 aromatic heterocycles. The van der Waals surface area contributed by atoms with Crippen molar-refractivity contribution >= 4 is 11.8 Å². The van der Waals surface area contributed by atoms with E-state index in [2.05, 4.69) is 36.4 Å². The van der Waals surface area contributed by atoms with Gasteiger partial charge in [-0.1, -0.05) is 66.7 Å². The van der Waals surface area contributed by atoms with Crippen molar-refractivity contribution in [2.24, 2.45) is 5.73 Å². The highest BCUT2D eigenvalue weighted by molar-refractivity contribution is 7.99. The van der Waals surface area contributed by atoms with Crippen molar-refractivity contribution in [3.8, 4) is 11.1 Å². The normalized spacial score (nSPS) is 20.6. The van der Waals surface area contributed by atoms with Gasteiger partial charge in [0.2, 0.25) is 0 Å². The molecule has 33 heavy (non-hydrogen) atoms. The summed E-state index contributed by atoms with van der Waals surface area (Å²) in [5.41, 5.74) is 12.1. The average molecular weight is 466 g/mol. The Morgan fingerprint density at radius 2 is 1.61 bits per heavy atom. The lowest BCUT2D eigenvalue weighted by Gasteiger charge is -2.36. The Labute approximate surface area is 199 Å². The predicted molar refractivity (Wildman–Crippen MR) is 133 cm³/mol. The molecular weight excluding hydrogens is 434 g/mol. The molecule has 0 amide bonds. The van der Waals surface area contributed by atoms with E-state index in [-0.39, 0.29) is 25.4 Å². The number of benzene rings is 3. The molecule has 3 atom stereocenters. The van der Waals surface area contributed by atoms with Crippen LogP contribution in [0.1, 0.15) is 41.1 Å². The Hall–Kier alpha value is -2.19. The number of aliphatic hydroxyl groups excluding tert-OH is 2. The van der Waals surface area contributed by atoms with E-state index in [1.54, 1.807) is 11.8 Å². The zero-order chi connectivity index (χ0) is 23.0. The van der Waals surface area contributed by atoms with E-state index in [0.717, 1.165) is 45.6 Å². The van der Waals surface area contributed by atoms with Crippen LogP contribution in [0.4, 0.5) is 0 Å². The second-order valence-corrected chi connectivity index (χ2v) is 9.33. The minimum absolute atomic E-state index is 0.0173. The van der Waals surface area contributed by atoms with E-state index in [1.807, 2.05) is 36.4 Å². The molecule has 6 heteroatoms. The molecule has 1 aliphatic rings. The molecule has 4 N–H and O–H groups in total. The van der Waals surface area contributed by atoms with Crippen LogP contribution >= 0.6 is 11.8 Å². The molecule has 1 heterocycles. The van der Waals surface area contributed by atoms with Gasteiger partial charge in [-0.15, -0.1) is 0 Å². The van der Waals surface area contributed by atoms with Gasteiger partial charge in [0, 0.05) is 30.0 Å². The van der Waals surface area contributed by atoms with Crippen molar-refractivity contribution in [2.45, 2.75) is 38.1 Å². The third-order valence-corrected chi connectivity index (χ3v) is 6.91. The molecule has 0 aliphatic carbocycles. The fourth-order valence-corrected chi connectivity index (χ4v) is 4.79. The van der Waals surface area contributed by atoms with Crippen LogP contribution in [0.5, 0.6) is 0 Å². The van der Waals surface area contributed by atoms with E-state index in [9.17, 15) is 5.11 Å². The molecule has 0 saturated carbocycles. The van der Waals surface area contributed by atoms with Gasteiger partial charge in [0.25, 0.3) is 0 Å². The Morgan fingerprint density at radius 1 is 0.848 bits per heavy atom. The monoisotopic (exact) mass is 465 g/mol. The first-order valence-corrected chi connectivity index (χ1v) is 12.4. The molecule has 174 valence electrons. The standard InChI is InChI=1S/C27H31NO4S/c28-16-20-2-1-3-24(14-20)21-8-10-23(11-9-21)27-31-25(18-33-13-12-29)15-26(32-27)22-6-4-19(17-30)5-7-22/h1-11,14,25-27,29-30H,12-13,15-18,28H2/t25-,26+,27+/m1/s1. The first-order valence-electron chi connectivity index (χ1n) is 11.3. The SMILES string of the molecule is NCc1cccc(-c2ccc([C@H]3O[C@@H](CSCCO)C[C@@H](c4ccc(CO)cc4)O3)cc2)c1. The second-order valence-electron chi connectivity index (χ2n) is 8.18. The maximum absolute atomic E-state index is 9.35. The molecule has 1 aliphatic heterocycles. The third-order valence-electron chi connectivity index (χ3n) is 5.83. The first kappa shape index (κ1) is 24.0. The van der Waals surface area contributed by atoms with Crippen molar-refractivity contribution < 1.29 is 19.7 Å². The number of hydrogen-bond donors (Lipinski definition) is 3. The van der Waals surface area contributed by atoms with Crippen molar-refractivity contribution in [3.05, 3.63) is 95.1 Å². The minimum Gasteiger partial charge on any atom is -0.396 e. The summed E-state index contributed by atoms with van der Waals surface area (Å²) in [5.74, 6) is 1.49. The van der Waals surface area contributed by atoms with E-state index >= 15 is 0 Å². The maximum Gasteiger partial charge on any atom is 0.184 e. The van der Waals surface area contributed by atoms with Crippen LogP contribution in [0.2, 0.25) is 0 Å². The first-order chi connectivity index (χ1) is 16.2. The van der Waals surface area contributed by atoms with E-state index in [0.29, 0.717) is 12.3 Å². The second kappa shape index (κ2) is 11.8. The lowest BCUT2D eigenvalue weighted by Crippen LogP contribution is -2.31. The number of rotatable bonds is 9. The molecule has 0 radical (unpaired) electrons. The number of hydrogen-bond acceptors (Lipinski definition) is 6. The molecule has 1 saturated heterocycles. The quantitative estimate of drug-likeness (QED) is 0.401. The fourth-order valence-electron chi connectivity index (χ4n) is 4.01. The largest absolute Gasteiger partial charge is 0.396 e. The summed E-state index contributed by atoms with van der Waals surface area (Å²) in [5, 5.41) is 18.5. The van der Waals surface area contributed by atoms with Crippen LogP contribution < -0.4 is 5.73 Å². The average Bonchev–Trinajstić information content (AvgIpc) is 2.89. The smallest absolute Gasteiger partial charge is 0.184 e. The van der Waals surface area contributed by atoms with Gasteiger partial charge in [0.1, 0.15) is 0 Å². The van der Waals surface area contributed by atoms with Gasteiger partial charge in [-0.2, -0.15) is 11.8 Å². The van der Waals surface area contributed by atoms with Gasteiger partial charge in [-0.25, -0.2) is 0 Å². The molecule has 3 aromatic rings. The van der Waals surface area contributed by atoms with Crippen molar-refractivity contribution in [1.82, 2.24) is 0 Å². The van der Waals surface area contributed by atoms with Crippen LogP contribution in [-0.4, -0.2) is 34.4 Å². The zero-order valence-electron chi connectivity index (χ0n) is 18.6. The summed E-state index contributed by atoms with van der Waals surface area (Å²) in [6, 6.07) is 24.5.